The van der Waals surface area contributed by atoms with Crippen LogP contribution in [0.3, 0.4) is 0 Å². The standard InChI is InChI=1S/C13H26N/c1-12-8-7-9-13(2)14(12)10-5-3-4-6-11-14/h12-13H,3-11H2,1-2H3/q+1. The third kappa shape index (κ3) is 1.71. The molecule has 0 bridgehead atoms. The molecule has 2 saturated heterocycles. The van der Waals surface area contributed by atoms with E-state index in [-0.39, 0.29) is 0 Å². The van der Waals surface area contributed by atoms with E-state index in [4.69, 9.17) is 0 Å². The van der Waals surface area contributed by atoms with E-state index in [0.29, 0.717) is 0 Å². The monoisotopic (exact) mass is 196 g/mol. The fourth-order valence-electron chi connectivity index (χ4n) is 3.82. The Bertz CT molecular complexity index is 168. The van der Waals surface area contributed by atoms with Gasteiger partial charge in [0, 0.05) is 0 Å². The maximum absolute atomic E-state index is 2.50. The molecule has 2 atom stereocenters. The Morgan fingerprint density at radius 3 is 1.71 bits per heavy atom. The van der Waals surface area contributed by atoms with E-state index in [1.165, 1.54) is 62.5 Å². The van der Waals surface area contributed by atoms with E-state index >= 15 is 0 Å². The van der Waals surface area contributed by atoms with Crippen molar-refractivity contribution in [2.24, 2.45) is 0 Å². The van der Waals surface area contributed by atoms with E-state index in [2.05, 4.69) is 13.8 Å². The van der Waals surface area contributed by atoms with Gasteiger partial charge in [0.25, 0.3) is 0 Å². The summed E-state index contributed by atoms with van der Waals surface area (Å²) in [5, 5.41) is 0. The van der Waals surface area contributed by atoms with Crippen molar-refractivity contribution in [3.63, 3.8) is 0 Å². The van der Waals surface area contributed by atoms with E-state index in [9.17, 15) is 0 Å². The lowest BCUT2D eigenvalue weighted by atomic mass is 9.92. The quantitative estimate of drug-likeness (QED) is 0.521. The molecular weight excluding hydrogens is 170 g/mol. The maximum Gasteiger partial charge on any atom is 0.0863 e. The molecular formula is C13H26N+. The predicted molar refractivity (Wildman–Crippen MR) is 61.2 cm³/mol. The molecule has 2 rings (SSSR count). The van der Waals surface area contributed by atoms with Gasteiger partial charge in [0.2, 0.25) is 0 Å². The van der Waals surface area contributed by atoms with Crippen LogP contribution in [0.2, 0.25) is 0 Å². The lowest BCUT2D eigenvalue weighted by Crippen LogP contribution is -2.62. The summed E-state index contributed by atoms with van der Waals surface area (Å²) in [5.74, 6) is 0. The third-order valence-electron chi connectivity index (χ3n) is 4.90. The Morgan fingerprint density at radius 2 is 1.21 bits per heavy atom. The molecule has 0 amide bonds. The summed E-state index contributed by atoms with van der Waals surface area (Å²) in [6, 6.07) is 1.88. The molecule has 1 heteroatoms. The fraction of sp³-hybridized carbons (Fsp3) is 1.00. The van der Waals surface area contributed by atoms with Crippen molar-refractivity contribution in [2.45, 2.75) is 70.9 Å². The molecule has 2 aliphatic heterocycles. The zero-order chi connectivity index (χ0) is 10.0. The molecule has 0 aromatic rings. The van der Waals surface area contributed by atoms with Gasteiger partial charge in [0.15, 0.2) is 0 Å². The van der Waals surface area contributed by atoms with Crippen LogP contribution in [0.25, 0.3) is 0 Å². The van der Waals surface area contributed by atoms with Gasteiger partial charge in [0.05, 0.1) is 25.2 Å². The Labute approximate surface area is 89.1 Å². The second-order valence-electron chi connectivity index (χ2n) is 5.59. The van der Waals surface area contributed by atoms with Crippen LogP contribution in [-0.4, -0.2) is 29.7 Å². The average Bonchev–Trinajstić information content (AvgIpc) is 2.41. The van der Waals surface area contributed by atoms with Crippen LogP contribution in [0.1, 0.15) is 58.8 Å². The molecule has 0 saturated carbocycles. The van der Waals surface area contributed by atoms with Crippen LogP contribution < -0.4 is 0 Å². The van der Waals surface area contributed by atoms with Crippen molar-refractivity contribution < 1.29 is 4.48 Å². The maximum atomic E-state index is 2.50. The second-order valence-corrected chi connectivity index (χ2v) is 5.59. The normalized spacial score (nSPS) is 38.1. The molecule has 0 aromatic carbocycles. The van der Waals surface area contributed by atoms with Gasteiger partial charge in [-0.1, -0.05) is 0 Å². The highest BCUT2D eigenvalue weighted by Gasteiger charge is 2.41. The number of piperidine rings is 1. The van der Waals surface area contributed by atoms with Gasteiger partial charge < -0.3 is 4.48 Å². The minimum absolute atomic E-state index is 0.942. The number of hydrogen-bond acceptors (Lipinski definition) is 0. The van der Waals surface area contributed by atoms with Gasteiger partial charge in [-0.25, -0.2) is 0 Å². The fourth-order valence-corrected chi connectivity index (χ4v) is 3.82. The SMILES string of the molecule is CC1CCCC(C)[N+]12CCCCCC2. The smallest absolute Gasteiger partial charge is 0.0863 e. The van der Waals surface area contributed by atoms with Gasteiger partial charge in [-0.05, 0) is 58.8 Å². The number of rotatable bonds is 0. The van der Waals surface area contributed by atoms with Crippen LogP contribution in [0, 0.1) is 0 Å². The van der Waals surface area contributed by atoms with Crippen molar-refractivity contribution >= 4 is 0 Å². The van der Waals surface area contributed by atoms with Crippen LogP contribution in [-0.2, 0) is 0 Å². The Morgan fingerprint density at radius 1 is 0.714 bits per heavy atom. The first-order chi connectivity index (χ1) is 6.76. The average molecular weight is 196 g/mol. The van der Waals surface area contributed by atoms with Crippen LogP contribution in [0.5, 0.6) is 0 Å². The number of quaternary nitrogens is 1. The number of nitrogens with zero attached hydrogens (tertiary/aromatic N) is 1. The summed E-state index contributed by atoms with van der Waals surface area (Å²) < 4.78 is 1.47. The molecule has 1 nitrogen and oxygen atoms in total. The molecule has 0 radical (unpaired) electrons. The molecule has 0 aromatic heterocycles. The highest BCUT2D eigenvalue weighted by atomic mass is 15.4. The van der Waals surface area contributed by atoms with E-state index in [1.54, 1.807) is 0 Å². The third-order valence-corrected chi connectivity index (χ3v) is 4.90. The first-order valence-corrected chi connectivity index (χ1v) is 6.62. The molecule has 0 N–H and O–H groups in total. The van der Waals surface area contributed by atoms with Gasteiger partial charge in [-0.3, -0.25) is 0 Å². The molecule has 0 aliphatic carbocycles. The molecule has 1 spiro atoms. The zero-order valence-corrected chi connectivity index (χ0v) is 9.97. The van der Waals surface area contributed by atoms with Crippen molar-refractivity contribution in [1.29, 1.82) is 0 Å². The van der Waals surface area contributed by atoms with Crippen molar-refractivity contribution in [3.8, 4) is 0 Å². The summed E-state index contributed by atoms with van der Waals surface area (Å²) in [6.45, 7) is 7.95. The topological polar surface area (TPSA) is 0 Å². The minimum Gasteiger partial charge on any atom is -0.319 e. The lowest BCUT2D eigenvalue weighted by molar-refractivity contribution is -0.974. The van der Waals surface area contributed by atoms with Gasteiger partial charge in [-0.15, -0.1) is 0 Å². The molecule has 2 aliphatic rings. The summed E-state index contributed by atoms with van der Waals surface area (Å²) in [6.07, 6.45) is 10.4. The summed E-state index contributed by atoms with van der Waals surface area (Å²) >= 11 is 0. The molecule has 2 unspecified atom stereocenters. The van der Waals surface area contributed by atoms with E-state index in [0.717, 1.165) is 12.1 Å². The molecule has 14 heavy (non-hydrogen) atoms. The summed E-state index contributed by atoms with van der Waals surface area (Å²) in [5.41, 5.74) is 0. The largest absolute Gasteiger partial charge is 0.319 e. The van der Waals surface area contributed by atoms with Gasteiger partial charge in [0.1, 0.15) is 0 Å². The molecule has 2 heterocycles. The zero-order valence-electron chi connectivity index (χ0n) is 9.97. The first kappa shape index (κ1) is 10.5. The molecule has 2 fully saturated rings. The van der Waals surface area contributed by atoms with Crippen molar-refractivity contribution in [1.82, 2.24) is 0 Å². The first-order valence-electron chi connectivity index (χ1n) is 6.62. The Hall–Kier alpha value is -0.0400. The Kier molecular flexibility index (Phi) is 3.16. The molecule has 82 valence electrons. The van der Waals surface area contributed by atoms with E-state index < -0.39 is 0 Å². The Balaban J connectivity index is 2.14. The predicted octanol–water partition coefficient (Wildman–Crippen LogP) is 3.34. The lowest BCUT2D eigenvalue weighted by Gasteiger charge is -2.50. The summed E-state index contributed by atoms with van der Waals surface area (Å²) in [7, 11) is 0. The second kappa shape index (κ2) is 4.22. The van der Waals surface area contributed by atoms with Gasteiger partial charge in [-0.2, -0.15) is 0 Å². The van der Waals surface area contributed by atoms with Crippen LogP contribution in [0.15, 0.2) is 0 Å². The highest BCUT2D eigenvalue weighted by Crippen LogP contribution is 2.34. The van der Waals surface area contributed by atoms with Crippen LogP contribution in [0.4, 0.5) is 0 Å². The summed E-state index contributed by atoms with van der Waals surface area (Å²) in [4.78, 5) is 0. The van der Waals surface area contributed by atoms with Gasteiger partial charge >= 0.3 is 0 Å². The van der Waals surface area contributed by atoms with E-state index in [1.807, 2.05) is 0 Å². The van der Waals surface area contributed by atoms with Crippen molar-refractivity contribution in [2.75, 3.05) is 13.1 Å². The van der Waals surface area contributed by atoms with Crippen molar-refractivity contribution in [3.05, 3.63) is 0 Å². The van der Waals surface area contributed by atoms with Crippen LogP contribution >= 0.6 is 0 Å². The number of hydrogen-bond donors (Lipinski definition) is 0. The minimum atomic E-state index is 0.942. The highest BCUT2D eigenvalue weighted by molar-refractivity contribution is 4.70.